The molecule has 0 fully saturated rings. The topological polar surface area (TPSA) is 69.1 Å². The van der Waals surface area contributed by atoms with Crippen LogP contribution >= 0.6 is 11.3 Å². The lowest BCUT2D eigenvalue weighted by Crippen LogP contribution is -1.99. The Morgan fingerprint density at radius 2 is 2.00 bits per heavy atom. The third-order valence-electron chi connectivity index (χ3n) is 3.38. The molecule has 0 N–H and O–H groups in total. The van der Waals surface area contributed by atoms with Crippen LogP contribution in [-0.2, 0) is 12.8 Å². The molecule has 0 aliphatic carbocycles. The molecule has 3 heterocycles. The van der Waals surface area contributed by atoms with Gasteiger partial charge in [-0.15, -0.1) is 10.2 Å². The van der Waals surface area contributed by atoms with E-state index in [4.69, 9.17) is 4.52 Å². The summed E-state index contributed by atoms with van der Waals surface area (Å²) in [6.07, 6.45) is 1.71. The van der Waals surface area contributed by atoms with Gasteiger partial charge in [0.05, 0.1) is 0 Å². The average molecular weight is 311 g/mol. The van der Waals surface area contributed by atoms with E-state index in [0.29, 0.717) is 0 Å². The average Bonchev–Trinajstić information content (AvgIpc) is 3.21. The number of aryl methyl sites for hydroxylation is 3. The lowest BCUT2D eigenvalue weighted by Gasteiger charge is -1.98. The van der Waals surface area contributed by atoms with Crippen LogP contribution in [0.3, 0.4) is 0 Å². The van der Waals surface area contributed by atoms with Crippen molar-refractivity contribution in [3.8, 4) is 10.7 Å². The van der Waals surface area contributed by atoms with Crippen LogP contribution in [0.5, 0.6) is 0 Å². The highest BCUT2D eigenvalue weighted by molar-refractivity contribution is 7.19. The zero-order chi connectivity index (χ0) is 14.9. The van der Waals surface area contributed by atoms with Gasteiger partial charge in [-0.25, -0.2) is 0 Å². The van der Waals surface area contributed by atoms with Crippen LogP contribution in [-0.4, -0.2) is 25.0 Å². The van der Waals surface area contributed by atoms with E-state index in [2.05, 4.69) is 32.6 Å². The first kappa shape index (κ1) is 13.1. The van der Waals surface area contributed by atoms with E-state index in [-0.39, 0.29) is 0 Å². The molecule has 0 spiro atoms. The molecule has 110 valence electrons. The minimum absolute atomic E-state index is 0.738. The van der Waals surface area contributed by atoms with Crippen LogP contribution in [0.15, 0.2) is 40.9 Å². The summed E-state index contributed by atoms with van der Waals surface area (Å²) in [6, 6.07) is 12.2. The van der Waals surface area contributed by atoms with Crippen LogP contribution in [0.4, 0.5) is 0 Å². The highest BCUT2D eigenvalue weighted by atomic mass is 32.1. The monoisotopic (exact) mass is 311 g/mol. The van der Waals surface area contributed by atoms with E-state index < -0.39 is 0 Å². The molecule has 0 saturated heterocycles. The zero-order valence-electron chi connectivity index (χ0n) is 11.9. The molecule has 4 aromatic rings. The number of benzene rings is 1. The SMILES string of the molecule is Cc1cc(-c2nn3c(CCc4ccccc4)nnc3s2)no1. The lowest BCUT2D eigenvalue weighted by molar-refractivity contribution is 0.399. The van der Waals surface area contributed by atoms with E-state index in [0.717, 1.165) is 40.1 Å². The molecule has 0 amide bonds. The highest BCUT2D eigenvalue weighted by Crippen LogP contribution is 2.25. The molecule has 0 aliphatic rings. The molecule has 0 radical (unpaired) electrons. The number of nitrogens with zero attached hydrogens (tertiary/aromatic N) is 5. The normalized spacial score (nSPS) is 11.3. The first-order valence-electron chi connectivity index (χ1n) is 6.98. The summed E-state index contributed by atoms with van der Waals surface area (Å²) in [5.74, 6) is 1.63. The number of hydrogen-bond donors (Lipinski definition) is 0. The molecule has 6 nitrogen and oxygen atoms in total. The van der Waals surface area contributed by atoms with Gasteiger partial charge < -0.3 is 4.52 Å². The Labute approximate surface area is 130 Å². The fourth-order valence-electron chi connectivity index (χ4n) is 2.28. The Bertz CT molecular complexity index is 908. The Morgan fingerprint density at radius 3 is 2.77 bits per heavy atom. The van der Waals surface area contributed by atoms with E-state index in [1.165, 1.54) is 16.9 Å². The van der Waals surface area contributed by atoms with Crippen molar-refractivity contribution in [1.29, 1.82) is 0 Å². The standard InChI is InChI=1S/C15H13N5OS/c1-10-9-12(19-21-10)14-18-20-13(16-17-15(20)22-14)8-7-11-5-3-2-4-6-11/h2-6,9H,7-8H2,1H3. The fourth-order valence-corrected chi connectivity index (χ4v) is 3.10. The van der Waals surface area contributed by atoms with Gasteiger partial charge in [0.1, 0.15) is 11.5 Å². The molecule has 0 aliphatic heterocycles. The minimum Gasteiger partial charge on any atom is -0.361 e. The molecule has 0 unspecified atom stereocenters. The summed E-state index contributed by atoms with van der Waals surface area (Å²) < 4.78 is 6.90. The zero-order valence-corrected chi connectivity index (χ0v) is 12.7. The lowest BCUT2D eigenvalue weighted by atomic mass is 10.1. The van der Waals surface area contributed by atoms with Crippen molar-refractivity contribution in [1.82, 2.24) is 25.0 Å². The summed E-state index contributed by atoms with van der Waals surface area (Å²) in [7, 11) is 0. The quantitative estimate of drug-likeness (QED) is 0.579. The predicted molar refractivity (Wildman–Crippen MR) is 82.7 cm³/mol. The van der Waals surface area contributed by atoms with Crippen molar-refractivity contribution in [2.24, 2.45) is 0 Å². The van der Waals surface area contributed by atoms with Gasteiger partial charge in [-0.2, -0.15) is 9.61 Å². The van der Waals surface area contributed by atoms with Crippen molar-refractivity contribution in [2.45, 2.75) is 19.8 Å². The van der Waals surface area contributed by atoms with Crippen LogP contribution in [0.1, 0.15) is 17.1 Å². The number of hydrogen-bond acceptors (Lipinski definition) is 6. The van der Waals surface area contributed by atoms with Crippen molar-refractivity contribution in [2.75, 3.05) is 0 Å². The van der Waals surface area contributed by atoms with Gasteiger partial charge in [0.25, 0.3) is 0 Å². The van der Waals surface area contributed by atoms with Crippen molar-refractivity contribution in [3.05, 3.63) is 53.5 Å². The number of fused-ring (bicyclic) bond motifs is 1. The summed E-state index contributed by atoms with van der Waals surface area (Å²) in [4.78, 5) is 0.777. The van der Waals surface area contributed by atoms with E-state index in [1.807, 2.05) is 31.2 Å². The van der Waals surface area contributed by atoms with Gasteiger partial charge >= 0.3 is 0 Å². The van der Waals surface area contributed by atoms with Gasteiger partial charge in [-0.05, 0) is 18.9 Å². The second-order valence-corrected chi connectivity index (χ2v) is 5.98. The third-order valence-corrected chi connectivity index (χ3v) is 4.30. The molecule has 7 heteroatoms. The second-order valence-electron chi connectivity index (χ2n) is 5.03. The maximum Gasteiger partial charge on any atom is 0.235 e. The van der Waals surface area contributed by atoms with Crippen molar-refractivity contribution in [3.63, 3.8) is 0 Å². The molecule has 3 aromatic heterocycles. The summed E-state index contributed by atoms with van der Waals surface area (Å²) in [6.45, 7) is 1.86. The molecule has 4 rings (SSSR count). The summed E-state index contributed by atoms with van der Waals surface area (Å²) in [5, 5.41) is 17.8. The van der Waals surface area contributed by atoms with Gasteiger partial charge in [-0.3, -0.25) is 0 Å². The predicted octanol–water partition coefficient (Wildman–Crippen LogP) is 2.93. The van der Waals surface area contributed by atoms with E-state index >= 15 is 0 Å². The maximum atomic E-state index is 5.10. The number of aromatic nitrogens is 5. The van der Waals surface area contributed by atoms with Crippen LogP contribution in [0.2, 0.25) is 0 Å². The Morgan fingerprint density at radius 1 is 1.14 bits per heavy atom. The van der Waals surface area contributed by atoms with Crippen LogP contribution in [0, 0.1) is 6.92 Å². The van der Waals surface area contributed by atoms with Gasteiger partial charge in [0.15, 0.2) is 10.8 Å². The smallest absolute Gasteiger partial charge is 0.235 e. The molecule has 1 aromatic carbocycles. The molecular weight excluding hydrogens is 298 g/mol. The molecule has 0 saturated carbocycles. The Hall–Kier alpha value is -2.54. The van der Waals surface area contributed by atoms with Crippen molar-refractivity contribution < 1.29 is 4.52 Å². The maximum absolute atomic E-state index is 5.10. The third kappa shape index (κ3) is 2.39. The summed E-state index contributed by atoms with van der Waals surface area (Å²) in [5.41, 5.74) is 2.02. The summed E-state index contributed by atoms with van der Waals surface area (Å²) >= 11 is 1.46. The molecular formula is C15H13N5OS. The Kier molecular flexibility index (Phi) is 3.19. The molecule has 0 bridgehead atoms. The minimum atomic E-state index is 0.738. The van der Waals surface area contributed by atoms with Gasteiger partial charge in [0, 0.05) is 12.5 Å². The first-order valence-corrected chi connectivity index (χ1v) is 7.80. The second kappa shape index (κ2) is 5.34. The number of rotatable bonds is 4. The van der Waals surface area contributed by atoms with E-state index in [9.17, 15) is 0 Å². The fraction of sp³-hybridized carbons (Fsp3) is 0.200. The van der Waals surface area contributed by atoms with Gasteiger partial charge in [-0.1, -0.05) is 46.8 Å². The largest absolute Gasteiger partial charge is 0.361 e. The van der Waals surface area contributed by atoms with Crippen molar-refractivity contribution >= 4 is 16.3 Å². The van der Waals surface area contributed by atoms with Gasteiger partial charge in [0.2, 0.25) is 4.96 Å². The molecule has 0 atom stereocenters. The Balaban J connectivity index is 1.61. The van der Waals surface area contributed by atoms with Crippen LogP contribution in [0.25, 0.3) is 15.7 Å². The molecule has 22 heavy (non-hydrogen) atoms. The first-order chi connectivity index (χ1) is 10.8. The highest BCUT2D eigenvalue weighted by Gasteiger charge is 2.15. The van der Waals surface area contributed by atoms with Crippen LogP contribution < -0.4 is 0 Å². The van der Waals surface area contributed by atoms with E-state index in [1.54, 1.807) is 4.52 Å².